The molecule has 0 radical (unpaired) electrons. The number of benzene rings is 1. The lowest BCUT2D eigenvalue weighted by molar-refractivity contribution is -0.127. The Morgan fingerprint density at radius 3 is 2.72 bits per heavy atom. The van der Waals surface area contributed by atoms with E-state index < -0.39 is 0 Å². The standard InChI is InChI=1S/C20H26ClN3O/c1-3-24-13-20(11-19(24)25)6-8-23(9-7-20)12-18-14(2)16-10-15(21)4-5-17(16)22-18/h4-5,10,22H,3,6-9,11-13H2,1-2H3. The molecule has 4 rings (SSSR count). The van der Waals surface area contributed by atoms with Crippen LogP contribution in [0, 0.1) is 12.3 Å². The maximum Gasteiger partial charge on any atom is 0.223 e. The van der Waals surface area contributed by atoms with E-state index in [9.17, 15) is 4.79 Å². The Balaban J connectivity index is 1.44. The molecule has 1 N–H and O–H groups in total. The number of piperidine rings is 1. The van der Waals surface area contributed by atoms with E-state index >= 15 is 0 Å². The predicted octanol–water partition coefficient (Wildman–Crippen LogP) is 3.96. The van der Waals surface area contributed by atoms with E-state index in [4.69, 9.17) is 11.6 Å². The molecule has 134 valence electrons. The fourth-order valence-electron chi connectivity index (χ4n) is 4.53. The first-order valence-corrected chi connectivity index (χ1v) is 9.64. The lowest BCUT2D eigenvalue weighted by Gasteiger charge is -2.38. The second-order valence-electron chi connectivity index (χ2n) is 7.78. The van der Waals surface area contributed by atoms with Gasteiger partial charge in [0.2, 0.25) is 5.91 Å². The molecule has 2 aromatic rings. The first-order valence-electron chi connectivity index (χ1n) is 9.26. The quantitative estimate of drug-likeness (QED) is 0.900. The second kappa shape index (κ2) is 6.33. The Labute approximate surface area is 154 Å². The minimum absolute atomic E-state index is 0.229. The minimum Gasteiger partial charge on any atom is -0.357 e. The molecule has 2 aliphatic heterocycles. The summed E-state index contributed by atoms with van der Waals surface area (Å²) in [5.74, 6) is 0.347. The summed E-state index contributed by atoms with van der Waals surface area (Å²) in [6, 6.07) is 6.04. The number of likely N-dealkylation sites (tertiary alicyclic amines) is 2. The van der Waals surface area contributed by atoms with Crippen molar-refractivity contribution in [1.29, 1.82) is 0 Å². The summed E-state index contributed by atoms with van der Waals surface area (Å²) in [5.41, 5.74) is 3.97. The molecule has 1 aromatic heterocycles. The molecular formula is C20H26ClN3O. The molecule has 1 spiro atoms. The highest BCUT2D eigenvalue weighted by Crippen LogP contribution is 2.41. The molecule has 0 bridgehead atoms. The Bertz CT molecular complexity index is 805. The smallest absolute Gasteiger partial charge is 0.223 e. The zero-order valence-corrected chi connectivity index (χ0v) is 15.8. The van der Waals surface area contributed by atoms with Crippen LogP contribution in [0.3, 0.4) is 0 Å². The summed E-state index contributed by atoms with van der Waals surface area (Å²) in [6.45, 7) is 9.14. The number of carbonyl (C=O) groups excluding carboxylic acids is 1. The van der Waals surface area contributed by atoms with Crippen LogP contribution < -0.4 is 0 Å². The van der Waals surface area contributed by atoms with Gasteiger partial charge in [-0.05, 0) is 69.0 Å². The maximum absolute atomic E-state index is 12.1. The van der Waals surface area contributed by atoms with Crippen molar-refractivity contribution < 1.29 is 4.79 Å². The molecule has 2 aliphatic rings. The summed E-state index contributed by atoms with van der Waals surface area (Å²) in [7, 11) is 0. The molecule has 0 atom stereocenters. The largest absolute Gasteiger partial charge is 0.357 e. The molecule has 3 heterocycles. The SMILES string of the molecule is CCN1CC2(CCN(Cc3[nH]c4ccc(Cl)cc4c3C)CC2)CC1=O. The highest BCUT2D eigenvalue weighted by atomic mass is 35.5. The number of halogens is 1. The normalized spacial score (nSPS) is 20.9. The first kappa shape index (κ1) is 16.9. The van der Waals surface area contributed by atoms with Gasteiger partial charge in [-0.3, -0.25) is 9.69 Å². The van der Waals surface area contributed by atoms with E-state index in [-0.39, 0.29) is 5.41 Å². The van der Waals surface area contributed by atoms with Crippen molar-refractivity contribution in [3.8, 4) is 0 Å². The number of aromatic amines is 1. The van der Waals surface area contributed by atoms with Crippen LogP contribution in [0.5, 0.6) is 0 Å². The maximum atomic E-state index is 12.1. The molecule has 4 nitrogen and oxygen atoms in total. The van der Waals surface area contributed by atoms with E-state index in [1.807, 2.05) is 17.0 Å². The van der Waals surface area contributed by atoms with Crippen LogP contribution in [0.2, 0.25) is 5.02 Å². The predicted molar refractivity (Wildman–Crippen MR) is 102 cm³/mol. The van der Waals surface area contributed by atoms with Crippen LogP contribution in [0.25, 0.3) is 10.9 Å². The molecule has 0 saturated carbocycles. The van der Waals surface area contributed by atoms with Gasteiger partial charge in [0.15, 0.2) is 0 Å². The molecule has 5 heteroatoms. The van der Waals surface area contributed by atoms with Crippen molar-refractivity contribution in [2.45, 2.75) is 39.7 Å². The van der Waals surface area contributed by atoms with Crippen LogP contribution in [0.4, 0.5) is 0 Å². The number of H-pyrrole nitrogens is 1. The molecule has 0 unspecified atom stereocenters. The average Bonchev–Trinajstić information content (AvgIpc) is 3.08. The summed E-state index contributed by atoms with van der Waals surface area (Å²) in [5, 5.41) is 2.00. The zero-order chi connectivity index (χ0) is 17.6. The van der Waals surface area contributed by atoms with Crippen LogP contribution in [-0.2, 0) is 11.3 Å². The Morgan fingerprint density at radius 1 is 1.28 bits per heavy atom. The van der Waals surface area contributed by atoms with E-state index in [2.05, 4.69) is 29.8 Å². The van der Waals surface area contributed by atoms with Gasteiger partial charge >= 0.3 is 0 Å². The molecule has 2 saturated heterocycles. The zero-order valence-electron chi connectivity index (χ0n) is 15.1. The Morgan fingerprint density at radius 2 is 2.04 bits per heavy atom. The van der Waals surface area contributed by atoms with Gasteiger partial charge in [-0.2, -0.15) is 0 Å². The Hall–Kier alpha value is -1.52. The van der Waals surface area contributed by atoms with Gasteiger partial charge in [0.1, 0.15) is 0 Å². The van der Waals surface area contributed by atoms with Crippen LogP contribution in [-0.4, -0.2) is 46.9 Å². The van der Waals surface area contributed by atoms with Crippen molar-refractivity contribution in [2.24, 2.45) is 5.41 Å². The van der Waals surface area contributed by atoms with Gasteiger partial charge in [-0.15, -0.1) is 0 Å². The fraction of sp³-hybridized carbons (Fsp3) is 0.550. The monoisotopic (exact) mass is 359 g/mol. The van der Waals surface area contributed by atoms with Crippen molar-refractivity contribution in [3.05, 3.63) is 34.5 Å². The number of aryl methyl sites for hydroxylation is 1. The lowest BCUT2D eigenvalue weighted by atomic mass is 9.77. The molecule has 25 heavy (non-hydrogen) atoms. The third-order valence-electron chi connectivity index (χ3n) is 6.21. The van der Waals surface area contributed by atoms with Gasteiger partial charge < -0.3 is 9.88 Å². The highest BCUT2D eigenvalue weighted by Gasteiger charge is 2.44. The van der Waals surface area contributed by atoms with Crippen molar-refractivity contribution in [2.75, 3.05) is 26.2 Å². The fourth-order valence-corrected chi connectivity index (χ4v) is 4.70. The molecule has 1 amide bonds. The van der Waals surface area contributed by atoms with Crippen LogP contribution in [0.1, 0.15) is 37.4 Å². The number of fused-ring (bicyclic) bond motifs is 1. The Kier molecular flexibility index (Phi) is 4.28. The van der Waals surface area contributed by atoms with Gasteiger partial charge in [0, 0.05) is 47.7 Å². The summed E-state index contributed by atoms with van der Waals surface area (Å²) >= 11 is 6.14. The van der Waals surface area contributed by atoms with E-state index in [0.29, 0.717) is 5.91 Å². The molecule has 2 fully saturated rings. The average molecular weight is 360 g/mol. The van der Waals surface area contributed by atoms with E-state index in [1.54, 1.807) is 0 Å². The van der Waals surface area contributed by atoms with E-state index in [1.165, 1.54) is 16.6 Å². The number of amides is 1. The number of hydrogen-bond acceptors (Lipinski definition) is 2. The van der Waals surface area contributed by atoms with Crippen molar-refractivity contribution >= 4 is 28.4 Å². The van der Waals surface area contributed by atoms with Gasteiger partial charge in [0.25, 0.3) is 0 Å². The molecule has 0 aliphatic carbocycles. The minimum atomic E-state index is 0.229. The van der Waals surface area contributed by atoms with E-state index in [0.717, 1.165) is 62.5 Å². The second-order valence-corrected chi connectivity index (χ2v) is 8.22. The number of aromatic nitrogens is 1. The number of hydrogen-bond donors (Lipinski definition) is 1. The third kappa shape index (κ3) is 3.06. The number of carbonyl (C=O) groups is 1. The summed E-state index contributed by atoms with van der Waals surface area (Å²) in [6.07, 6.45) is 3.00. The molecule has 1 aromatic carbocycles. The van der Waals surface area contributed by atoms with Crippen LogP contribution >= 0.6 is 11.6 Å². The summed E-state index contributed by atoms with van der Waals surface area (Å²) < 4.78 is 0. The van der Waals surface area contributed by atoms with Gasteiger partial charge in [-0.25, -0.2) is 0 Å². The highest BCUT2D eigenvalue weighted by molar-refractivity contribution is 6.31. The first-order chi connectivity index (χ1) is 12.0. The van der Waals surface area contributed by atoms with Crippen LogP contribution in [0.15, 0.2) is 18.2 Å². The molecular weight excluding hydrogens is 334 g/mol. The van der Waals surface area contributed by atoms with Crippen molar-refractivity contribution in [3.63, 3.8) is 0 Å². The number of nitrogens with one attached hydrogen (secondary N) is 1. The topological polar surface area (TPSA) is 39.3 Å². The summed E-state index contributed by atoms with van der Waals surface area (Å²) in [4.78, 5) is 20.2. The third-order valence-corrected chi connectivity index (χ3v) is 6.44. The number of nitrogens with zero attached hydrogens (tertiary/aromatic N) is 2. The lowest BCUT2D eigenvalue weighted by Crippen LogP contribution is -2.41. The van der Waals surface area contributed by atoms with Crippen molar-refractivity contribution in [1.82, 2.24) is 14.8 Å². The van der Waals surface area contributed by atoms with Gasteiger partial charge in [0.05, 0.1) is 0 Å². The number of rotatable bonds is 3. The van der Waals surface area contributed by atoms with Gasteiger partial charge in [-0.1, -0.05) is 11.6 Å².